The first-order chi connectivity index (χ1) is 9.87. The van der Waals surface area contributed by atoms with Crippen molar-refractivity contribution < 1.29 is 14.3 Å². The average Bonchev–Trinajstić information content (AvgIpc) is 2.47. The number of rotatable bonds is 3. The lowest BCUT2D eigenvalue weighted by molar-refractivity contribution is 0.0717. The molecule has 0 aliphatic heterocycles. The minimum atomic E-state index is -0.598. The second-order valence-electron chi connectivity index (χ2n) is 6.25. The van der Waals surface area contributed by atoms with Crippen molar-refractivity contribution in [1.29, 1.82) is 0 Å². The summed E-state index contributed by atoms with van der Waals surface area (Å²) in [6.45, 7) is 3.64. The molecule has 1 amide bonds. The van der Waals surface area contributed by atoms with E-state index in [9.17, 15) is 14.3 Å². The molecule has 1 aromatic rings. The van der Waals surface area contributed by atoms with Crippen LogP contribution in [0.3, 0.4) is 0 Å². The SMILES string of the molecule is Cc1c(N)cc(C(=O)NC2(CO)CCC(C)CC2)cc1F. The van der Waals surface area contributed by atoms with Gasteiger partial charge in [0, 0.05) is 16.8 Å². The number of amides is 1. The number of nitrogen functional groups attached to an aromatic ring is 1. The Morgan fingerprint density at radius 3 is 2.62 bits per heavy atom. The zero-order valence-corrected chi connectivity index (χ0v) is 12.6. The molecule has 0 radical (unpaired) electrons. The molecule has 0 aromatic heterocycles. The first kappa shape index (κ1) is 15.8. The van der Waals surface area contributed by atoms with E-state index in [-0.39, 0.29) is 23.8 Å². The van der Waals surface area contributed by atoms with E-state index in [0.29, 0.717) is 11.5 Å². The van der Waals surface area contributed by atoms with Crippen LogP contribution in [-0.2, 0) is 0 Å². The van der Waals surface area contributed by atoms with Crippen molar-refractivity contribution >= 4 is 11.6 Å². The summed E-state index contributed by atoms with van der Waals surface area (Å²) in [4.78, 5) is 12.3. The predicted octanol–water partition coefficient (Wildman–Crippen LogP) is 2.39. The molecule has 0 saturated heterocycles. The third-order valence-electron chi connectivity index (χ3n) is 4.56. The minimum Gasteiger partial charge on any atom is -0.398 e. The summed E-state index contributed by atoms with van der Waals surface area (Å²) in [7, 11) is 0. The topological polar surface area (TPSA) is 75.4 Å². The van der Waals surface area contributed by atoms with Gasteiger partial charge in [-0.15, -0.1) is 0 Å². The smallest absolute Gasteiger partial charge is 0.251 e. The normalized spacial score (nSPS) is 25.6. The Hall–Kier alpha value is -1.62. The summed E-state index contributed by atoms with van der Waals surface area (Å²) in [5, 5.41) is 12.5. The molecule has 1 aliphatic carbocycles. The summed E-state index contributed by atoms with van der Waals surface area (Å²) in [5.74, 6) is -0.270. The van der Waals surface area contributed by atoms with E-state index >= 15 is 0 Å². The van der Waals surface area contributed by atoms with Crippen LogP contribution in [0.2, 0.25) is 0 Å². The average molecular weight is 294 g/mol. The Balaban J connectivity index is 2.17. The van der Waals surface area contributed by atoms with Gasteiger partial charge in [0.15, 0.2) is 0 Å². The molecule has 116 valence electrons. The van der Waals surface area contributed by atoms with Gasteiger partial charge in [-0.1, -0.05) is 6.92 Å². The van der Waals surface area contributed by atoms with E-state index in [1.807, 2.05) is 0 Å². The highest BCUT2D eigenvalue weighted by molar-refractivity contribution is 5.95. The van der Waals surface area contributed by atoms with E-state index in [2.05, 4.69) is 12.2 Å². The number of carbonyl (C=O) groups excluding carboxylic acids is 1. The predicted molar refractivity (Wildman–Crippen MR) is 80.5 cm³/mol. The van der Waals surface area contributed by atoms with Crippen molar-refractivity contribution in [3.05, 3.63) is 29.1 Å². The number of nitrogens with two attached hydrogens (primary N) is 1. The number of anilines is 1. The van der Waals surface area contributed by atoms with Crippen LogP contribution < -0.4 is 11.1 Å². The van der Waals surface area contributed by atoms with E-state index in [1.54, 1.807) is 6.92 Å². The van der Waals surface area contributed by atoms with Crippen LogP contribution in [0.1, 0.15) is 48.5 Å². The highest BCUT2D eigenvalue weighted by Gasteiger charge is 2.35. The monoisotopic (exact) mass is 294 g/mol. The highest BCUT2D eigenvalue weighted by atomic mass is 19.1. The van der Waals surface area contributed by atoms with Crippen molar-refractivity contribution in [3.63, 3.8) is 0 Å². The van der Waals surface area contributed by atoms with Crippen LogP contribution in [0, 0.1) is 18.7 Å². The number of hydrogen-bond donors (Lipinski definition) is 3. The van der Waals surface area contributed by atoms with Gasteiger partial charge >= 0.3 is 0 Å². The maximum atomic E-state index is 13.7. The number of aliphatic hydroxyl groups excluding tert-OH is 1. The molecule has 1 aliphatic rings. The maximum absolute atomic E-state index is 13.7. The van der Waals surface area contributed by atoms with Gasteiger partial charge in [0.25, 0.3) is 5.91 Å². The summed E-state index contributed by atoms with van der Waals surface area (Å²) >= 11 is 0. The molecule has 1 fully saturated rings. The quantitative estimate of drug-likeness (QED) is 0.749. The molecule has 0 spiro atoms. The Morgan fingerprint density at radius 1 is 1.48 bits per heavy atom. The molecule has 5 heteroatoms. The molecule has 0 heterocycles. The second-order valence-corrected chi connectivity index (χ2v) is 6.25. The van der Waals surface area contributed by atoms with E-state index in [4.69, 9.17) is 5.73 Å². The summed E-state index contributed by atoms with van der Waals surface area (Å²) < 4.78 is 13.7. The van der Waals surface area contributed by atoms with Gasteiger partial charge in [0.1, 0.15) is 5.82 Å². The molecule has 2 rings (SSSR count). The van der Waals surface area contributed by atoms with Crippen molar-refractivity contribution in [1.82, 2.24) is 5.32 Å². The Bertz CT molecular complexity index is 514. The minimum absolute atomic E-state index is 0.102. The van der Waals surface area contributed by atoms with Crippen LogP contribution in [0.4, 0.5) is 10.1 Å². The van der Waals surface area contributed by atoms with Gasteiger partial charge in [0.05, 0.1) is 12.1 Å². The van der Waals surface area contributed by atoms with Gasteiger partial charge in [-0.05, 0) is 50.7 Å². The number of halogens is 1. The van der Waals surface area contributed by atoms with Gasteiger partial charge in [-0.3, -0.25) is 4.79 Å². The summed E-state index contributed by atoms with van der Waals surface area (Å²) in [6, 6.07) is 2.67. The number of aliphatic hydroxyl groups is 1. The van der Waals surface area contributed by atoms with Gasteiger partial charge in [-0.2, -0.15) is 0 Å². The molecule has 0 bridgehead atoms. The fourth-order valence-electron chi connectivity index (χ4n) is 2.78. The van der Waals surface area contributed by atoms with E-state index in [0.717, 1.165) is 25.7 Å². The Kier molecular flexibility index (Phi) is 4.52. The lowest BCUT2D eigenvalue weighted by atomic mass is 9.77. The molecule has 21 heavy (non-hydrogen) atoms. The molecule has 0 atom stereocenters. The lowest BCUT2D eigenvalue weighted by Crippen LogP contribution is -2.53. The van der Waals surface area contributed by atoms with Crippen molar-refractivity contribution in [2.45, 2.75) is 45.1 Å². The zero-order chi connectivity index (χ0) is 15.6. The van der Waals surface area contributed by atoms with Gasteiger partial charge in [-0.25, -0.2) is 4.39 Å². The first-order valence-corrected chi connectivity index (χ1v) is 7.36. The summed E-state index contributed by atoms with van der Waals surface area (Å²) in [6.07, 6.45) is 3.40. The molecule has 0 unspecified atom stereocenters. The number of benzene rings is 1. The second kappa shape index (κ2) is 6.02. The first-order valence-electron chi connectivity index (χ1n) is 7.36. The molecular weight excluding hydrogens is 271 g/mol. The van der Waals surface area contributed by atoms with Crippen molar-refractivity contribution in [3.8, 4) is 0 Å². The lowest BCUT2D eigenvalue weighted by Gasteiger charge is -2.38. The fourth-order valence-corrected chi connectivity index (χ4v) is 2.78. The number of carbonyl (C=O) groups is 1. The third kappa shape index (κ3) is 3.35. The molecule has 4 N–H and O–H groups in total. The van der Waals surface area contributed by atoms with Crippen molar-refractivity contribution in [2.75, 3.05) is 12.3 Å². The van der Waals surface area contributed by atoms with E-state index in [1.165, 1.54) is 12.1 Å². The zero-order valence-electron chi connectivity index (χ0n) is 12.6. The van der Waals surface area contributed by atoms with Gasteiger partial charge in [0.2, 0.25) is 0 Å². The standard InChI is InChI=1S/C16H23FN2O2/c1-10-3-5-16(9-20,6-4-10)19-15(21)12-7-13(17)11(2)14(18)8-12/h7-8,10,20H,3-6,9,18H2,1-2H3,(H,19,21). The number of nitrogens with one attached hydrogen (secondary N) is 1. The number of hydrogen-bond acceptors (Lipinski definition) is 3. The van der Waals surface area contributed by atoms with Crippen LogP contribution in [0.5, 0.6) is 0 Å². The highest BCUT2D eigenvalue weighted by Crippen LogP contribution is 2.32. The molecule has 1 aromatic carbocycles. The molecule has 4 nitrogen and oxygen atoms in total. The molecular formula is C16H23FN2O2. The Morgan fingerprint density at radius 2 is 2.10 bits per heavy atom. The van der Waals surface area contributed by atoms with Crippen molar-refractivity contribution in [2.24, 2.45) is 5.92 Å². The fraction of sp³-hybridized carbons (Fsp3) is 0.562. The van der Waals surface area contributed by atoms with E-state index < -0.39 is 11.4 Å². The maximum Gasteiger partial charge on any atom is 0.251 e. The van der Waals surface area contributed by atoms with Crippen LogP contribution >= 0.6 is 0 Å². The largest absolute Gasteiger partial charge is 0.398 e. The van der Waals surface area contributed by atoms with Crippen LogP contribution in [0.25, 0.3) is 0 Å². The van der Waals surface area contributed by atoms with Crippen LogP contribution in [0.15, 0.2) is 12.1 Å². The Labute approximate surface area is 124 Å². The third-order valence-corrected chi connectivity index (χ3v) is 4.56. The summed E-state index contributed by atoms with van der Waals surface area (Å²) in [5.41, 5.74) is 5.91. The van der Waals surface area contributed by atoms with Gasteiger partial charge < -0.3 is 16.2 Å². The van der Waals surface area contributed by atoms with Crippen LogP contribution in [-0.4, -0.2) is 23.2 Å². The molecule has 1 saturated carbocycles.